The Morgan fingerprint density at radius 1 is 1.29 bits per heavy atom. The molecule has 1 fully saturated rings. The zero-order valence-corrected chi connectivity index (χ0v) is 13.5. The molecule has 1 N–H and O–H groups in total. The van der Waals surface area contributed by atoms with Gasteiger partial charge in [-0.15, -0.1) is 11.3 Å². The third-order valence-electron chi connectivity index (χ3n) is 4.42. The average molecular weight is 323 g/mol. The van der Waals surface area contributed by atoms with E-state index < -0.39 is 9.84 Å². The molecule has 5 nitrogen and oxygen atoms in total. The first kappa shape index (κ1) is 13.5. The highest BCUT2D eigenvalue weighted by molar-refractivity contribution is 7.91. The molecule has 7 heteroatoms. The third kappa shape index (κ3) is 2.14. The topological polar surface area (TPSA) is 72.0 Å². The van der Waals surface area contributed by atoms with Crippen molar-refractivity contribution >= 4 is 37.2 Å². The molecule has 4 rings (SSSR count). The first-order valence-electron chi connectivity index (χ1n) is 7.28. The maximum atomic E-state index is 11.7. The molecule has 0 saturated carbocycles. The van der Waals surface area contributed by atoms with E-state index in [9.17, 15) is 8.42 Å². The number of rotatable bonds is 2. The van der Waals surface area contributed by atoms with Gasteiger partial charge in [0.05, 0.1) is 16.9 Å². The van der Waals surface area contributed by atoms with Crippen LogP contribution in [-0.4, -0.2) is 36.9 Å². The molecule has 1 aliphatic heterocycles. The minimum Gasteiger partial charge on any atom is -0.372 e. The Kier molecular flexibility index (Phi) is 2.97. The number of aryl methyl sites for hydroxylation is 2. The maximum absolute atomic E-state index is 11.7. The van der Waals surface area contributed by atoms with Crippen molar-refractivity contribution in [1.82, 2.24) is 9.97 Å². The van der Waals surface area contributed by atoms with Crippen LogP contribution < -0.4 is 5.32 Å². The number of sulfone groups is 1. The van der Waals surface area contributed by atoms with Crippen molar-refractivity contribution in [2.75, 3.05) is 23.9 Å². The highest BCUT2D eigenvalue weighted by Crippen LogP contribution is 2.40. The van der Waals surface area contributed by atoms with E-state index in [1.54, 1.807) is 11.3 Å². The van der Waals surface area contributed by atoms with Crippen LogP contribution in [0.25, 0.3) is 10.2 Å². The van der Waals surface area contributed by atoms with Crippen LogP contribution in [0.3, 0.4) is 0 Å². The Hall–Kier alpha value is -1.21. The molecule has 0 spiro atoms. The van der Waals surface area contributed by atoms with Gasteiger partial charge in [-0.3, -0.25) is 0 Å². The van der Waals surface area contributed by atoms with Crippen LogP contribution in [-0.2, 0) is 22.7 Å². The van der Waals surface area contributed by atoms with Gasteiger partial charge in [-0.05, 0) is 31.2 Å². The number of anilines is 1. The Labute approximate surface area is 127 Å². The van der Waals surface area contributed by atoms with Gasteiger partial charge in [0.2, 0.25) is 0 Å². The third-order valence-corrected chi connectivity index (χ3v) is 7.37. The molecule has 21 heavy (non-hydrogen) atoms. The molecule has 1 aliphatic carbocycles. The largest absolute Gasteiger partial charge is 0.372 e. The summed E-state index contributed by atoms with van der Waals surface area (Å²) in [5.74, 6) is 1.94. The van der Waals surface area contributed by atoms with Gasteiger partial charge in [-0.1, -0.05) is 0 Å². The molecular weight excluding hydrogens is 306 g/mol. The number of aromatic nitrogens is 2. The summed E-state index contributed by atoms with van der Waals surface area (Å²) in [5.41, 5.74) is 1.39. The van der Waals surface area contributed by atoms with Crippen LogP contribution in [0.15, 0.2) is 0 Å². The number of nitrogens with zero attached hydrogens (tertiary/aromatic N) is 2. The molecule has 1 saturated heterocycles. The molecular formula is C14H17N3O2S2. The fourth-order valence-corrected chi connectivity index (χ4v) is 6.38. The van der Waals surface area contributed by atoms with Crippen LogP contribution in [0.1, 0.15) is 35.0 Å². The molecule has 0 radical (unpaired) electrons. The van der Waals surface area contributed by atoms with Crippen LogP contribution in [0, 0.1) is 0 Å². The molecule has 3 heterocycles. The highest BCUT2D eigenvalue weighted by atomic mass is 32.2. The standard InChI is InChI=1S/C14H17N3O2S2/c1-15-13-11-9-3-2-4-10(9)20-14(11)17-12(16-13)8-5-6-21(18,19)7-8/h8H,2-7H2,1H3,(H,15,16,17). The van der Waals surface area contributed by atoms with E-state index in [0.717, 1.165) is 28.9 Å². The Balaban J connectivity index is 1.85. The van der Waals surface area contributed by atoms with Gasteiger partial charge in [0.1, 0.15) is 16.5 Å². The van der Waals surface area contributed by atoms with E-state index in [2.05, 4.69) is 10.3 Å². The van der Waals surface area contributed by atoms with Gasteiger partial charge in [-0.25, -0.2) is 18.4 Å². The summed E-state index contributed by atoms with van der Waals surface area (Å²) in [4.78, 5) is 11.8. The average Bonchev–Trinajstić information content (AvgIpc) is 3.10. The van der Waals surface area contributed by atoms with Gasteiger partial charge in [0.15, 0.2) is 9.84 Å². The monoisotopic (exact) mass is 323 g/mol. The lowest BCUT2D eigenvalue weighted by atomic mass is 10.1. The molecule has 1 unspecified atom stereocenters. The van der Waals surface area contributed by atoms with Crippen molar-refractivity contribution in [2.45, 2.75) is 31.6 Å². The van der Waals surface area contributed by atoms with Crippen molar-refractivity contribution in [3.8, 4) is 0 Å². The Bertz CT molecular complexity index is 826. The summed E-state index contributed by atoms with van der Waals surface area (Å²) >= 11 is 1.75. The number of fused-ring (bicyclic) bond motifs is 3. The SMILES string of the molecule is CNc1nc(C2CCS(=O)(=O)C2)nc2sc3c(c12)CCC3. The summed E-state index contributed by atoms with van der Waals surface area (Å²) in [6, 6.07) is 0. The van der Waals surface area contributed by atoms with E-state index in [1.165, 1.54) is 16.9 Å². The zero-order valence-electron chi connectivity index (χ0n) is 11.8. The lowest BCUT2D eigenvalue weighted by Crippen LogP contribution is -2.09. The number of hydrogen-bond donors (Lipinski definition) is 1. The molecule has 112 valence electrons. The van der Waals surface area contributed by atoms with Gasteiger partial charge in [0.25, 0.3) is 0 Å². The van der Waals surface area contributed by atoms with Gasteiger partial charge in [-0.2, -0.15) is 0 Å². The van der Waals surface area contributed by atoms with Crippen LogP contribution in [0.4, 0.5) is 5.82 Å². The van der Waals surface area contributed by atoms with Crippen molar-refractivity contribution in [3.63, 3.8) is 0 Å². The summed E-state index contributed by atoms with van der Waals surface area (Å²) in [7, 11) is -1.04. The summed E-state index contributed by atoms with van der Waals surface area (Å²) in [5, 5.41) is 4.33. The molecule has 0 bridgehead atoms. The number of thiophene rings is 1. The first-order chi connectivity index (χ1) is 10.1. The van der Waals surface area contributed by atoms with Crippen LogP contribution in [0.2, 0.25) is 0 Å². The van der Waals surface area contributed by atoms with E-state index >= 15 is 0 Å². The Morgan fingerprint density at radius 3 is 2.86 bits per heavy atom. The van der Waals surface area contributed by atoms with E-state index in [1.807, 2.05) is 7.05 Å². The molecule has 2 aliphatic rings. The minimum absolute atomic E-state index is 0.0524. The van der Waals surface area contributed by atoms with E-state index in [0.29, 0.717) is 12.2 Å². The molecule has 1 atom stereocenters. The summed E-state index contributed by atoms with van der Waals surface area (Å²) in [6.45, 7) is 0. The second kappa shape index (κ2) is 4.64. The van der Waals surface area contributed by atoms with Gasteiger partial charge < -0.3 is 5.32 Å². The van der Waals surface area contributed by atoms with Crippen molar-refractivity contribution in [1.29, 1.82) is 0 Å². The smallest absolute Gasteiger partial charge is 0.151 e. The predicted octanol–water partition coefficient (Wildman–Crippen LogP) is 2.12. The van der Waals surface area contributed by atoms with Crippen LogP contribution in [0.5, 0.6) is 0 Å². The fourth-order valence-electron chi connectivity index (χ4n) is 3.37. The molecule has 2 aromatic rings. The van der Waals surface area contributed by atoms with Crippen molar-refractivity contribution in [3.05, 3.63) is 16.3 Å². The summed E-state index contributed by atoms with van der Waals surface area (Å²) < 4.78 is 23.4. The van der Waals surface area contributed by atoms with E-state index in [4.69, 9.17) is 4.98 Å². The normalized spacial score (nSPS) is 23.6. The number of hydrogen-bond acceptors (Lipinski definition) is 6. The number of nitrogens with one attached hydrogen (secondary N) is 1. The lowest BCUT2D eigenvalue weighted by Gasteiger charge is -2.10. The second-order valence-corrected chi connectivity index (χ2v) is 9.13. The summed E-state index contributed by atoms with van der Waals surface area (Å²) in [6.07, 6.45) is 4.09. The maximum Gasteiger partial charge on any atom is 0.151 e. The minimum atomic E-state index is -2.91. The van der Waals surface area contributed by atoms with Gasteiger partial charge in [0, 0.05) is 17.8 Å². The van der Waals surface area contributed by atoms with Crippen molar-refractivity contribution in [2.24, 2.45) is 0 Å². The van der Waals surface area contributed by atoms with Crippen LogP contribution >= 0.6 is 11.3 Å². The molecule has 2 aromatic heterocycles. The Morgan fingerprint density at radius 2 is 2.14 bits per heavy atom. The molecule has 0 aromatic carbocycles. The quantitative estimate of drug-likeness (QED) is 0.916. The fraction of sp³-hybridized carbons (Fsp3) is 0.571. The zero-order chi connectivity index (χ0) is 14.6. The second-order valence-electron chi connectivity index (χ2n) is 5.82. The van der Waals surface area contributed by atoms with Crippen molar-refractivity contribution < 1.29 is 8.42 Å². The highest BCUT2D eigenvalue weighted by Gasteiger charge is 2.32. The van der Waals surface area contributed by atoms with E-state index in [-0.39, 0.29) is 17.4 Å². The predicted molar refractivity (Wildman–Crippen MR) is 85.0 cm³/mol. The van der Waals surface area contributed by atoms with Gasteiger partial charge >= 0.3 is 0 Å². The first-order valence-corrected chi connectivity index (χ1v) is 9.91. The molecule has 0 amide bonds. The lowest BCUT2D eigenvalue weighted by molar-refractivity contribution is 0.601.